The van der Waals surface area contributed by atoms with Gasteiger partial charge in [0.1, 0.15) is 5.02 Å². The van der Waals surface area contributed by atoms with Crippen molar-refractivity contribution in [2.24, 2.45) is 5.10 Å². The van der Waals surface area contributed by atoms with Gasteiger partial charge in [0.05, 0.1) is 17.7 Å². The topological polar surface area (TPSA) is 103 Å². The first-order chi connectivity index (χ1) is 12.4. The predicted octanol–water partition coefficient (Wildman–Crippen LogP) is 3.18. The molecule has 9 heteroatoms. The maximum atomic E-state index is 11.9. The number of hydrogen-bond acceptors (Lipinski definition) is 6. The number of nitrogens with one attached hydrogen (secondary N) is 1. The van der Waals surface area contributed by atoms with Crippen LogP contribution in [0, 0.1) is 10.1 Å². The summed E-state index contributed by atoms with van der Waals surface area (Å²) in [5.74, 6) is 0.450. The molecule has 2 aromatic rings. The maximum Gasteiger partial charge on any atom is 0.288 e. The molecular weight excluding hydrogens is 362 g/mol. The van der Waals surface area contributed by atoms with Crippen molar-refractivity contribution in [2.75, 3.05) is 13.7 Å². The van der Waals surface area contributed by atoms with Crippen molar-refractivity contribution in [1.29, 1.82) is 0 Å². The number of hydrazone groups is 1. The van der Waals surface area contributed by atoms with Gasteiger partial charge in [0, 0.05) is 11.6 Å². The molecule has 2 aromatic carbocycles. The van der Waals surface area contributed by atoms with Gasteiger partial charge in [-0.2, -0.15) is 5.10 Å². The molecule has 136 valence electrons. The highest BCUT2D eigenvalue weighted by atomic mass is 35.5. The van der Waals surface area contributed by atoms with E-state index in [1.807, 2.05) is 0 Å². The molecule has 0 aliphatic rings. The first kappa shape index (κ1) is 19.2. The second-order valence-corrected chi connectivity index (χ2v) is 5.50. The van der Waals surface area contributed by atoms with E-state index in [1.54, 1.807) is 37.3 Å². The highest BCUT2D eigenvalue weighted by molar-refractivity contribution is 6.32. The lowest BCUT2D eigenvalue weighted by atomic mass is 10.1. The molecule has 0 spiro atoms. The number of carbonyl (C=O) groups excluding carboxylic acids is 1. The van der Waals surface area contributed by atoms with Gasteiger partial charge in [-0.3, -0.25) is 14.9 Å². The third-order valence-electron chi connectivity index (χ3n) is 3.34. The van der Waals surface area contributed by atoms with E-state index >= 15 is 0 Å². The van der Waals surface area contributed by atoms with E-state index in [4.69, 9.17) is 21.1 Å². The van der Waals surface area contributed by atoms with E-state index < -0.39 is 10.8 Å². The highest BCUT2D eigenvalue weighted by Gasteiger charge is 2.14. The number of nitro groups is 1. The number of carbonyl (C=O) groups is 1. The second kappa shape index (κ2) is 8.82. The number of hydrogen-bond donors (Lipinski definition) is 1. The van der Waals surface area contributed by atoms with Gasteiger partial charge in [0.15, 0.2) is 18.1 Å². The van der Waals surface area contributed by atoms with Gasteiger partial charge < -0.3 is 9.47 Å². The van der Waals surface area contributed by atoms with Gasteiger partial charge in [-0.1, -0.05) is 29.8 Å². The highest BCUT2D eigenvalue weighted by Crippen LogP contribution is 2.26. The Morgan fingerprint density at radius 3 is 2.62 bits per heavy atom. The van der Waals surface area contributed by atoms with Crippen LogP contribution in [0.3, 0.4) is 0 Å². The van der Waals surface area contributed by atoms with E-state index in [0.717, 1.165) is 0 Å². The molecule has 0 unspecified atom stereocenters. The van der Waals surface area contributed by atoms with Crippen molar-refractivity contribution in [3.05, 3.63) is 63.2 Å². The number of amides is 1. The van der Waals surface area contributed by atoms with E-state index in [0.29, 0.717) is 22.8 Å². The summed E-state index contributed by atoms with van der Waals surface area (Å²) in [7, 11) is 1.50. The summed E-state index contributed by atoms with van der Waals surface area (Å²) in [6.07, 6.45) is 0. The molecule has 2 rings (SSSR count). The number of benzene rings is 2. The lowest BCUT2D eigenvalue weighted by Crippen LogP contribution is -2.25. The molecule has 0 atom stereocenters. The molecule has 0 radical (unpaired) electrons. The van der Waals surface area contributed by atoms with Crippen molar-refractivity contribution in [1.82, 2.24) is 5.43 Å². The Bertz CT molecular complexity index is 854. The smallest absolute Gasteiger partial charge is 0.288 e. The number of ether oxygens (including phenoxy) is 2. The van der Waals surface area contributed by atoms with Gasteiger partial charge >= 0.3 is 0 Å². The van der Waals surface area contributed by atoms with Crippen molar-refractivity contribution in [3.63, 3.8) is 0 Å². The van der Waals surface area contributed by atoms with Crippen LogP contribution in [0.15, 0.2) is 47.6 Å². The molecule has 0 bridgehead atoms. The van der Waals surface area contributed by atoms with Crippen molar-refractivity contribution >= 4 is 28.9 Å². The number of nitrogens with zero attached hydrogens (tertiary/aromatic N) is 2. The Morgan fingerprint density at radius 2 is 1.96 bits per heavy atom. The van der Waals surface area contributed by atoms with Crippen LogP contribution in [0.4, 0.5) is 5.69 Å². The fraction of sp³-hybridized carbons (Fsp3) is 0.176. The number of methoxy groups -OCH3 is 1. The zero-order valence-corrected chi connectivity index (χ0v) is 14.8. The van der Waals surface area contributed by atoms with Crippen LogP contribution in [0.5, 0.6) is 11.5 Å². The standard InChI is InChI=1S/C17H16ClN3O5/c1-11(12-7-8-13(18)14(9-12)21(23)24)19-20-17(22)10-26-16-6-4-3-5-15(16)25-2/h3-9H,10H2,1-2H3,(H,20,22)/b19-11-. The molecule has 8 nitrogen and oxygen atoms in total. The van der Waals surface area contributed by atoms with Crippen LogP contribution >= 0.6 is 11.6 Å². The minimum absolute atomic E-state index is 0.0285. The Kier molecular flexibility index (Phi) is 6.51. The number of para-hydroxylation sites is 2. The second-order valence-electron chi connectivity index (χ2n) is 5.10. The summed E-state index contributed by atoms with van der Waals surface area (Å²) in [5, 5.41) is 14.9. The molecule has 0 aliphatic carbocycles. The lowest BCUT2D eigenvalue weighted by Gasteiger charge is -2.09. The Balaban J connectivity index is 1.99. The molecule has 0 aromatic heterocycles. The van der Waals surface area contributed by atoms with E-state index in [-0.39, 0.29) is 17.3 Å². The van der Waals surface area contributed by atoms with E-state index in [1.165, 1.54) is 19.2 Å². The number of rotatable bonds is 7. The van der Waals surface area contributed by atoms with E-state index in [2.05, 4.69) is 10.5 Å². The summed E-state index contributed by atoms with van der Waals surface area (Å²) in [5.41, 5.74) is 2.95. The largest absolute Gasteiger partial charge is 0.493 e. The molecule has 0 saturated carbocycles. The van der Waals surface area contributed by atoms with Crippen molar-refractivity contribution in [2.45, 2.75) is 6.92 Å². The molecule has 0 aliphatic heterocycles. The Hall–Kier alpha value is -3.13. The molecule has 0 saturated heterocycles. The fourth-order valence-corrected chi connectivity index (χ4v) is 2.19. The average molecular weight is 378 g/mol. The third-order valence-corrected chi connectivity index (χ3v) is 3.66. The number of nitro benzene ring substituents is 1. The lowest BCUT2D eigenvalue weighted by molar-refractivity contribution is -0.384. The molecule has 1 N–H and O–H groups in total. The molecule has 0 fully saturated rings. The summed E-state index contributed by atoms with van der Waals surface area (Å²) < 4.78 is 10.5. The van der Waals surface area contributed by atoms with Crippen molar-refractivity contribution in [3.8, 4) is 11.5 Å². The van der Waals surface area contributed by atoms with Crippen LogP contribution in [0.2, 0.25) is 5.02 Å². The van der Waals surface area contributed by atoms with Crippen LogP contribution in [0.25, 0.3) is 0 Å². The monoisotopic (exact) mass is 377 g/mol. The Morgan fingerprint density at radius 1 is 1.27 bits per heavy atom. The maximum absolute atomic E-state index is 11.9. The summed E-state index contributed by atoms with van der Waals surface area (Å²) in [6, 6.07) is 11.2. The van der Waals surface area contributed by atoms with E-state index in [9.17, 15) is 14.9 Å². The van der Waals surface area contributed by atoms with Crippen LogP contribution in [-0.2, 0) is 4.79 Å². The predicted molar refractivity (Wildman–Crippen MR) is 96.9 cm³/mol. The molecule has 1 amide bonds. The van der Waals surface area contributed by atoms with Gasteiger partial charge in [-0.15, -0.1) is 0 Å². The van der Waals surface area contributed by atoms with Gasteiger partial charge in [0.25, 0.3) is 11.6 Å². The van der Waals surface area contributed by atoms with Gasteiger partial charge in [-0.05, 0) is 25.1 Å². The Labute approximate surface area is 154 Å². The van der Waals surface area contributed by atoms with Crippen LogP contribution in [0.1, 0.15) is 12.5 Å². The average Bonchev–Trinajstić information content (AvgIpc) is 2.64. The van der Waals surface area contributed by atoms with Gasteiger partial charge in [-0.25, -0.2) is 5.43 Å². The minimum atomic E-state index is -0.585. The fourth-order valence-electron chi connectivity index (χ4n) is 2.00. The minimum Gasteiger partial charge on any atom is -0.493 e. The van der Waals surface area contributed by atoms with Crippen molar-refractivity contribution < 1.29 is 19.2 Å². The van der Waals surface area contributed by atoms with Gasteiger partial charge in [0.2, 0.25) is 0 Å². The molecule has 26 heavy (non-hydrogen) atoms. The zero-order valence-electron chi connectivity index (χ0n) is 14.1. The van der Waals surface area contributed by atoms with Crippen LogP contribution < -0.4 is 14.9 Å². The summed E-state index contributed by atoms with van der Waals surface area (Å²) in [6.45, 7) is 1.34. The summed E-state index contributed by atoms with van der Waals surface area (Å²) >= 11 is 5.77. The third kappa shape index (κ3) is 4.93. The zero-order chi connectivity index (χ0) is 19.1. The van der Waals surface area contributed by atoms with Crippen LogP contribution in [-0.4, -0.2) is 30.3 Å². The number of halogens is 1. The first-order valence-electron chi connectivity index (χ1n) is 7.45. The molecular formula is C17H16ClN3O5. The normalized spacial score (nSPS) is 11.0. The SMILES string of the molecule is COc1ccccc1OCC(=O)N/N=C(/C)c1ccc(Cl)c([N+](=O)[O-])c1. The first-order valence-corrected chi connectivity index (χ1v) is 7.83. The molecule has 0 heterocycles. The summed E-state index contributed by atoms with van der Waals surface area (Å²) in [4.78, 5) is 22.2. The quantitative estimate of drug-likeness (QED) is 0.453.